The van der Waals surface area contributed by atoms with Crippen molar-refractivity contribution in [3.05, 3.63) is 191 Å². The molecule has 0 radical (unpaired) electrons. The smallest absolute Gasteiger partial charge is 0.423 e. The van der Waals surface area contributed by atoms with Gasteiger partial charge in [0.2, 0.25) is 47.2 Å². The molecule has 0 heterocycles. The van der Waals surface area contributed by atoms with Crippen molar-refractivity contribution < 1.29 is 79.8 Å². The number of nitro benzene ring substituents is 2. The number of benzene rings is 7. The maximum absolute atomic E-state index is 13.8. The molecule has 0 aliphatic rings. The minimum absolute atomic E-state index is 0.0426. The molecule has 0 aliphatic carbocycles. The highest BCUT2D eigenvalue weighted by Crippen LogP contribution is 2.41. The van der Waals surface area contributed by atoms with Gasteiger partial charge >= 0.3 is 18.5 Å². The first-order chi connectivity index (χ1) is 43.1. The second-order valence-corrected chi connectivity index (χ2v) is 22.8. The Kier molecular flexibility index (Phi) is 36.1. The first-order valence-electron chi connectivity index (χ1n) is 25.2. The van der Waals surface area contributed by atoms with Crippen LogP contribution in [0.25, 0.3) is 0 Å². The van der Waals surface area contributed by atoms with Crippen molar-refractivity contribution in [3.8, 4) is 0 Å². The van der Waals surface area contributed by atoms with Crippen LogP contribution in [0, 0.1) is 55.1 Å². The van der Waals surface area contributed by atoms with E-state index < -0.39 is 69.1 Å². The number of amides is 7. The molecular weight excluding hydrogens is 1640 g/mol. The molecule has 93 heavy (non-hydrogen) atoms. The van der Waals surface area contributed by atoms with E-state index in [2.05, 4.69) is 127 Å². The number of nitrogens with zero attached hydrogens (tertiary/aromatic N) is 2. The molecule has 13 N–H and O–H groups in total. The van der Waals surface area contributed by atoms with Crippen molar-refractivity contribution in [2.24, 2.45) is 0 Å². The van der Waals surface area contributed by atoms with E-state index in [0.717, 1.165) is 35.7 Å². The summed E-state index contributed by atoms with van der Waals surface area (Å²) in [6.45, 7) is 8.86. The first kappa shape index (κ1) is 82.7. The summed E-state index contributed by atoms with van der Waals surface area (Å²) in [4.78, 5) is 95.1. The van der Waals surface area contributed by atoms with Gasteiger partial charge in [0, 0.05) is 107 Å². The zero-order valence-electron chi connectivity index (χ0n) is 48.9. The molecule has 7 aromatic carbocycles. The zero-order chi connectivity index (χ0) is 71.3. The van der Waals surface area contributed by atoms with Crippen LogP contribution in [0.5, 0.6) is 0 Å². The van der Waals surface area contributed by atoms with Gasteiger partial charge in [-0.3, -0.25) is 53.8 Å². The molecule has 37 heteroatoms. The molecule has 0 spiro atoms. The number of anilines is 9. The molecule has 7 amide bonds. The molecule has 0 aliphatic heterocycles. The lowest BCUT2D eigenvalue weighted by Crippen LogP contribution is -2.29. The largest absolute Gasteiger partial charge is 0.488 e. The van der Waals surface area contributed by atoms with Gasteiger partial charge in [-0.25, -0.2) is 22.0 Å². The standard InChI is InChI=1S/C10H9BrFN3O4.C10H10BrFN2O2.C8H6BrFN2O3.C8H8BrFN2O.C8H7BrFNO.C6H7BO2.C6H5BrFN/c1-4(16)13-7-3-6(12)9(14-5(2)17)10(8(7)11)15(18)19;1-5(15)13-9-4-8(12)10(3-7(9)11)14-6(2)16;1-4(13)11-7-3-6(10)8(12(14)15)2-5(7)9;1-4(13)12-8-3-6(10)7(11)2-5(8)9;1-5(12)11-8-4-6(10)2-3-7(8)9;8-7(9)6-4-2-1-3-5-6;7-5-2-1-4(8)3-6(5)9/h3H,1-2H3,(H,13,16)(H,14,17);3-4H,1-2H3,(H,13,15)(H,14,16);2-3H,1H3,(H,11,13);2-3H,11H2,1H3,(H,12,13);2-4H,1H3,(H,11,12);1-5,8-9H;1-3H,9H2. The van der Waals surface area contributed by atoms with Gasteiger partial charge in [-0.1, -0.05) is 30.3 Å². The highest BCUT2D eigenvalue weighted by molar-refractivity contribution is 9.11. The fraction of sp³-hybridized carbons (Fsp3) is 0.125. The summed E-state index contributed by atoms with van der Waals surface area (Å²) in [7, 11) is -1.34. The lowest BCUT2D eigenvalue weighted by molar-refractivity contribution is -0.387. The van der Waals surface area contributed by atoms with E-state index in [1.165, 1.54) is 84.0 Å². The number of nitrogens with one attached hydrogen (secondary N) is 7. The summed E-state index contributed by atoms with van der Waals surface area (Å²) in [6.07, 6.45) is 0. The van der Waals surface area contributed by atoms with Crippen LogP contribution in [-0.2, 0) is 33.6 Å². The Balaban J connectivity index is 0.000000550. The molecule has 7 aromatic rings. The number of rotatable bonds is 10. The minimum atomic E-state index is -1.34. The van der Waals surface area contributed by atoms with Crippen LogP contribution < -0.4 is 54.1 Å². The maximum atomic E-state index is 13.8. The van der Waals surface area contributed by atoms with Crippen LogP contribution in [0.2, 0.25) is 0 Å². The van der Waals surface area contributed by atoms with Crippen molar-refractivity contribution in [2.45, 2.75) is 48.5 Å². The fourth-order valence-corrected chi connectivity index (χ4v) is 8.69. The van der Waals surface area contributed by atoms with Gasteiger partial charge in [0.25, 0.3) is 0 Å². The average Bonchev–Trinajstić information content (AvgIpc) is 1.01. The maximum Gasteiger partial charge on any atom is 0.488 e. The van der Waals surface area contributed by atoms with Crippen molar-refractivity contribution in [2.75, 3.05) is 48.7 Å². The summed E-state index contributed by atoms with van der Waals surface area (Å²) in [5.41, 5.74) is 11.0. The Labute approximate surface area is 576 Å². The van der Waals surface area contributed by atoms with Gasteiger partial charge in [-0.15, -0.1) is 0 Å². The number of nitrogen functional groups attached to an aromatic ring is 2. The molecule has 0 fully saturated rings. The number of hydrogen-bond donors (Lipinski definition) is 11. The summed E-state index contributed by atoms with van der Waals surface area (Å²) >= 11 is 18.5. The van der Waals surface area contributed by atoms with Crippen molar-refractivity contribution in [1.29, 1.82) is 0 Å². The second kappa shape index (κ2) is 40.6. The average molecular weight is 1690 g/mol. The molecule has 0 saturated carbocycles. The van der Waals surface area contributed by atoms with E-state index in [1.807, 2.05) is 11.4 Å². The van der Waals surface area contributed by atoms with E-state index in [4.69, 9.17) is 21.5 Å². The second-order valence-electron chi connectivity index (χ2n) is 17.7. The van der Waals surface area contributed by atoms with Gasteiger partial charge in [-0.05, 0) is 150 Å². The Morgan fingerprint density at radius 2 is 0.785 bits per heavy atom. The normalized spacial score (nSPS) is 9.69. The summed E-state index contributed by atoms with van der Waals surface area (Å²) in [6, 6.07) is 24.8. The van der Waals surface area contributed by atoms with Crippen LogP contribution in [0.15, 0.2) is 136 Å². The third kappa shape index (κ3) is 31.2. The first-order valence-corrected chi connectivity index (χ1v) is 29.9. The van der Waals surface area contributed by atoms with Gasteiger partial charge in [-0.2, -0.15) is 4.39 Å². The van der Waals surface area contributed by atoms with E-state index in [-0.39, 0.29) is 72.9 Å². The van der Waals surface area contributed by atoms with Crippen molar-refractivity contribution in [3.63, 3.8) is 0 Å². The third-order valence-electron chi connectivity index (χ3n) is 9.90. The lowest BCUT2D eigenvalue weighted by Gasteiger charge is -2.11. The predicted molar refractivity (Wildman–Crippen MR) is 363 cm³/mol. The van der Waals surface area contributed by atoms with Crippen LogP contribution in [0.3, 0.4) is 0 Å². The highest BCUT2D eigenvalue weighted by Gasteiger charge is 2.27. The van der Waals surface area contributed by atoms with Crippen LogP contribution in [-0.4, -0.2) is 68.4 Å². The zero-order valence-corrected chi connectivity index (χ0v) is 58.5. The summed E-state index contributed by atoms with van der Waals surface area (Å²) in [5, 5.41) is 54.8. The van der Waals surface area contributed by atoms with E-state index in [0.29, 0.717) is 41.6 Å². The Morgan fingerprint density at radius 1 is 0.409 bits per heavy atom. The Hall–Kier alpha value is -8.33. The molecule has 0 unspecified atom stereocenters. The lowest BCUT2D eigenvalue weighted by atomic mass is 9.81. The predicted octanol–water partition coefficient (Wildman–Crippen LogP) is 13.6. The summed E-state index contributed by atoms with van der Waals surface area (Å²) < 4.78 is 80.7. The summed E-state index contributed by atoms with van der Waals surface area (Å²) in [5.74, 6) is -6.55. The highest BCUT2D eigenvalue weighted by atomic mass is 79.9. The van der Waals surface area contributed by atoms with Gasteiger partial charge < -0.3 is 58.7 Å². The number of nitrogens with two attached hydrogens (primary N) is 2. The number of nitro groups is 2. The minimum Gasteiger partial charge on any atom is -0.423 e. The van der Waals surface area contributed by atoms with E-state index >= 15 is 0 Å². The van der Waals surface area contributed by atoms with Gasteiger partial charge in [0.05, 0.1) is 49.7 Å². The molecule has 0 atom stereocenters. The monoisotopic (exact) mass is 1680 g/mol. The van der Waals surface area contributed by atoms with Gasteiger partial charge in [0.15, 0.2) is 11.5 Å². The topological polar surface area (TPSA) is 382 Å². The number of carbonyl (C=O) groups is 7. The molecule has 7 rings (SSSR count). The van der Waals surface area contributed by atoms with Gasteiger partial charge in [0.1, 0.15) is 27.7 Å². The molecule has 496 valence electrons. The van der Waals surface area contributed by atoms with E-state index in [9.17, 15) is 80.1 Å². The number of carbonyl (C=O) groups excluding carboxylic acids is 7. The number of hydrogen-bond acceptors (Lipinski definition) is 15. The quantitative estimate of drug-likeness (QED) is 0.0199. The van der Waals surface area contributed by atoms with Crippen LogP contribution in [0.1, 0.15) is 48.5 Å². The molecule has 24 nitrogen and oxygen atoms in total. The molecular formula is C56H52BBr6F6N11O13. The third-order valence-corrected chi connectivity index (χ3v) is 14.1. The van der Waals surface area contributed by atoms with Crippen LogP contribution in [0.4, 0.5) is 88.9 Å². The Bertz CT molecular complexity index is 3850. The molecule has 0 aromatic heterocycles. The van der Waals surface area contributed by atoms with Crippen molar-refractivity contribution >= 4 is 212 Å². The van der Waals surface area contributed by atoms with Crippen LogP contribution >= 0.6 is 95.6 Å². The fourth-order valence-electron chi connectivity index (χ4n) is 6.21. The molecule has 0 saturated heterocycles. The SMILES string of the molecule is CC(=O)Nc1cc(Br)c(NC(C)=O)cc1F.CC(=O)Nc1cc(F)c(N)cc1Br.CC(=O)Nc1cc(F)c(NC(C)=O)c([N+](=O)[O-])c1Br.CC(=O)Nc1cc(F)c([N+](=O)[O-])cc1Br.CC(=O)Nc1cc(F)ccc1Br.Nc1cc(F)ccc1Br.OB(O)c1ccccc1. The Morgan fingerprint density at radius 3 is 1.19 bits per heavy atom. The molecule has 0 bridgehead atoms. The number of halogens is 12. The van der Waals surface area contributed by atoms with E-state index in [1.54, 1.807) is 36.4 Å². The van der Waals surface area contributed by atoms with Crippen molar-refractivity contribution in [1.82, 2.24) is 0 Å².